The quantitative estimate of drug-likeness (QED) is 0.652. The van der Waals surface area contributed by atoms with Gasteiger partial charge >= 0.3 is 0 Å². The van der Waals surface area contributed by atoms with Crippen molar-refractivity contribution in [3.63, 3.8) is 0 Å². The number of rotatable bonds is 5. The van der Waals surface area contributed by atoms with Crippen molar-refractivity contribution in [2.24, 2.45) is 11.3 Å². The molecule has 0 aromatic heterocycles. The summed E-state index contributed by atoms with van der Waals surface area (Å²) >= 11 is 0. The predicted octanol–water partition coefficient (Wildman–Crippen LogP) is 2.48. The van der Waals surface area contributed by atoms with Crippen LogP contribution in [0.15, 0.2) is 36.4 Å². The lowest BCUT2D eigenvalue weighted by atomic mass is 9.90. The summed E-state index contributed by atoms with van der Waals surface area (Å²) in [6.07, 6.45) is 8.83. The first-order chi connectivity index (χ1) is 17.0. The predicted molar refractivity (Wildman–Crippen MR) is 135 cm³/mol. The third kappa shape index (κ3) is 5.15. The second kappa shape index (κ2) is 10.1. The molecule has 3 amide bonds. The third-order valence-electron chi connectivity index (χ3n) is 8.66. The molecule has 1 spiro atoms. The molecule has 0 radical (unpaired) electrons. The standard InChI is InChI=1S/C28H38N4O3/c1-22(33)32-14-6-10-25(32)27(35)30-15-11-28(12-16-30)21-24(28)26(34)31-19-17-29(18-20-31)13-5-9-23-7-3-2-4-8-23/h2-5,7-9,24-25H,6,10-21H2,1H3/b9-5+/t24-,25+/m1/s1. The van der Waals surface area contributed by atoms with Crippen LogP contribution in [0.3, 0.4) is 0 Å². The summed E-state index contributed by atoms with van der Waals surface area (Å²) in [5.74, 6) is 0.551. The Morgan fingerprint density at radius 1 is 0.914 bits per heavy atom. The van der Waals surface area contributed by atoms with Crippen molar-refractivity contribution in [2.75, 3.05) is 52.4 Å². The van der Waals surface area contributed by atoms with E-state index in [-0.39, 0.29) is 29.2 Å². The van der Waals surface area contributed by atoms with E-state index in [4.69, 9.17) is 0 Å². The summed E-state index contributed by atoms with van der Waals surface area (Å²) in [4.78, 5) is 46.3. The zero-order chi connectivity index (χ0) is 24.4. The summed E-state index contributed by atoms with van der Waals surface area (Å²) in [5.41, 5.74) is 1.31. The van der Waals surface area contributed by atoms with E-state index in [1.54, 1.807) is 11.8 Å². The van der Waals surface area contributed by atoms with E-state index < -0.39 is 0 Å². The fourth-order valence-corrected chi connectivity index (χ4v) is 6.31. The number of benzene rings is 1. The van der Waals surface area contributed by atoms with Gasteiger partial charge < -0.3 is 14.7 Å². The Bertz CT molecular complexity index is 962. The van der Waals surface area contributed by atoms with Gasteiger partial charge in [-0.1, -0.05) is 42.5 Å². The first kappa shape index (κ1) is 24.0. The summed E-state index contributed by atoms with van der Waals surface area (Å²) in [6, 6.07) is 10.1. The van der Waals surface area contributed by atoms with Crippen molar-refractivity contribution in [1.29, 1.82) is 0 Å². The van der Waals surface area contributed by atoms with Gasteiger partial charge in [-0.25, -0.2) is 0 Å². The molecular formula is C28H38N4O3. The van der Waals surface area contributed by atoms with Crippen LogP contribution in [0.25, 0.3) is 6.08 Å². The second-order valence-electron chi connectivity index (χ2n) is 10.8. The van der Waals surface area contributed by atoms with Crippen LogP contribution in [0, 0.1) is 11.3 Å². The van der Waals surface area contributed by atoms with E-state index in [0.29, 0.717) is 25.5 Å². The average molecular weight is 479 g/mol. The Labute approximate surface area is 208 Å². The van der Waals surface area contributed by atoms with Gasteiger partial charge in [0.25, 0.3) is 0 Å². The molecule has 188 valence electrons. The molecule has 1 aliphatic carbocycles. The number of hydrogen-bond donors (Lipinski definition) is 0. The molecule has 7 nitrogen and oxygen atoms in total. The van der Waals surface area contributed by atoms with Gasteiger partial charge in [-0.05, 0) is 43.1 Å². The van der Waals surface area contributed by atoms with Crippen LogP contribution in [0.5, 0.6) is 0 Å². The van der Waals surface area contributed by atoms with Gasteiger partial charge in [-0.2, -0.15) is 0 Å². The van der Waals surface area contributed by atoms with Crippen molar-refractivity contribution in [3.8, 4) is 0 Å². The van der Waals surface area contributed by atoms with Gasteiger partial charge in [0.05, 0.1) is 0 Å². The summed E-state index contributed by atoms with van der Waals surface area (Å²) < 4.78 is 0. The van der Waals surface area contributed by atoms with Crippen molar-refractivity contribution in [1.82, 2.24) is 19.6 Å². The molecule has 1 aromatic carbocycles. The largest absolute Gasteiger partial charge is 0.341 e. The normalized spacial score (nSPS) is 26.5. The minimum absolute atomic E-state index is 0.00510. The Morgan fingerprint density at radius 2 is 1.60 bits per heavy atom. The maximum Gasteiger partial charge on any atom is 0.245 e. The number of carbonyl (C=O) groups is 3. The first-order valence-electron chi connectivity index (χ1n) is 13.3. The zero-order valence-electron chi connectivity index (χ0n) is 20.9. The summed E-state index contributed by atoms with van der Waals surface area (Å²) in [5, 5.41) is 0. The number of piperidine rings is 1. The number of piperazine rings is 1. The topological polar surface area (TPSA) is 64.2 Å². The third-order valence-corrected chi connectivity index (χ3v) is 8.66. The molecule has 3 heterocycles. The lowest BCUT2D eigenvalue weighted by Crippen LogP contribution is -2.51. The molecule has 0 N–H and O–H groups in total. The van der Waals surface area contributed by atoms with Crippen LogP contribution in [0.4, 0.5) is 0 Å². The molecule has 0 bridgehead atoms. The summed E-state index contributed by atoms with van der Waals surface area (Å²) in [7, 11) is 0. The number of amides is 3. The van der Waals surface area contributed by atoms with E-state index >= 15 is 0 Å². The number of likely N-dealkylation sites (tertiary alicyclic amines) is 2. The zero-order valence-corrected chi connectivity index (χ0v) is 20.9. The molecule has 3 aliphatic heterocycles. The van der Waals surface area contributed by atoms with Gasteiger partial charge in [-0.15, -0.1) is 0 Å². The molecular weight excluding hydrogens is 440 g/mol. The molecule has 3 saturated heterocycles. The highest BCUT2D eigenvalue weighted by Gasteiger charge is 2.59. The lowest BCUT2D eigenvalue weighted by Gasteiger charge is -2.37. The van der Waals surface area contributed by atoms with Crippen LogP contribution < -0.4 is 0 Å². The maximum absolute atomic E-state index is 13.3. The Hall–Kier alpha value is -2.67. The smallest absolute Gasteiger partial charge is 0.245 e. The highest BCUT2D eigenvalue weighted by Crippen LogP contribution is 2.60. The van der Waals surface area contributed by atoms with Crippen LogP contribution >= 0.6 is 0 Å². The Kier molecular flexibility index (Phi) is 6.96. The van der Waals surface area contributed by atoms with Gasteiger partial charge in [-0.3, -0.25) is 19.3 Å². The number of hydrogen-bond acceptors (Lipinski definition) is 4. The van der Waals surface area contributed by atoms with Gasteiger partial charge in [0, 0.05) is 65.2 Å². The van der Waals surface area contributed by atoms with Crippen LogP contribution in [0.1, 0.15) is 44.6 Å². The Balaban J connectivity index is 1.06. The van der Waals surface area contributed by atoms with E-state index in [9.17, 15) is 14.4 Å². The van der Waals surface area contributed by atoms with Crippen molar-refractivity contribution in [2.45, 2.75) is 45.1 Å². The van der Waals surface area contributed by atoms with Gasteiger partial charge in [0.15, 0.2) is 0 Å². The molecule has 35 heavy (non-hydrogen) atoms. The minimum atomic E-state index is -0.281. The van der Waals surface area contributed by atoms with E-state index in [1.807, 2.05) is 23.1 Å². The SMILES string of the molecule is CC(=O)N1CCC[C@H]1C(=O)N1CCC2(CC1)C[C@@H]2C(=O)N1CCN(C/C=C/c2ccccc2)CC1. The van der Waals surface area contributed by atoms with Crippen LogP contribution in [-0.2, 0) is 14.4 Å². The summed E-state index contributed by atoms with van der Waals surface area (Å²) in [6.45, 7) is 8.03. The van der Waals surface area contributed by atoms with Crippen molar-refractivity contribution >= 4 is 23.8 Å². The fourth-order valence-electron chi connectivity index (χ4n) is 6.31. The average Bonchev–Trinajstić information content (AvgIpc) is 3.33. The molecule has 1 saturated carbocycles. The minimum Gasteiger partial charge on any atom is -0.341 e. The molecule has 5 rings (SSSR count). The number of nitrogens with zero attached hydrogens (tertiary/aromatic N) is 4. The van der Waals surface area contributed by atoms with Crippen molar-refractivity contribution < 1.29 is 14.4 Å². The van der Waals surface area contributed by atoms with Crippen LogP contribution in [0.2, 0.25) is 0 Å². The highest BCUT2D eigenvalue weighted by molar-refractivity contribution is 5.88. The highest BCUT2D eigenvalue weighted by atomic mass is 16.2. The van der Waals surface area contributed by atoms with Gasteiger partial charge in [0.1, 0.15) is 6.04 Å². The van der Waals surface area contributed by atoms with E-state index in [1.165, 1.54) is 5.56 Å². The fraction of sp³-hybridized carbons (Fsp3) is 0.607. The maximum atomic E-state index is 13.3. The molecule has 2 atom stereocenters. The first-order valence-corrected chi connectivity index (χ1v) is 13.3. The molecule has 1 aromatic rings. The molecule has 4 fully saturated rings. The van der Waals surface area contributed by atoms with Crippen LogP contribution in [-0.4, -0.2) is 95.7 Å². The molecule has 7 heteroatoms. The number of carbonyl (C=O) groups excluding carboxylic acids is 3. The molecule has 4 aliphatic rings. The monoisotopic (exact) mass is 478 g/mol. The lowest BCUT2D eigenvalue weighted by molar-refractivity contribution is -0.144. The van der Waals surface area contributed by atoms with E-state index in [2.05, 4.69) is 34.1 Å². The second-order valence-corrected chi connectivity index (χ2v) is 10.8. The Morgan fingerprint density at radius 3 is 2.29 bits per heavy atom. The van der Waals surface area contributed by atoms with E-state index in [0.717, 1.165) is 64.8 Å². The molecule has 0 unspecified atom stereocenters. The van der Waals surface area contributed by atoms with Crippen molar-refractivity contribution in [3.05, 3.63) is 42.0 Å². The van der Waals surface area contributed by atoms with Gasteiger partial charge in [0.2, 0.25) is 17.7 Å².